The van der Waals surface area contributed by atoms with Crippen LogP contribution in [0, 0.1) is 19.1 Å². The first-order valence-electron chi connectivity index (χ1n) is 16.1. The standard InChI is InChI=1S/C41H38N4O2.Pd/c1-7-13-35-39(28-14-9-8-10-15-28)40(41(3,4)5)45(43-35)29-22-27(2)23-32(24-29)47-31-18-19-34-33-16-11-12-17-36(33)44(37(34)25-31)38-26-30(46-6)20-21-42-38;/h8-12,14-23,26H,7,13H2,1-6H3;/q-2;+2. The molecule has 7 rings (SSSR count). The fourth-order valence-corrected chi connectivity index (χ4v) is 6.42. The molecule has 3 aromatic heterocycles. The number of methoxy groups -OCH3 is 1. The van der Waals surface area contributed by atoms with Crippen molar-refractivity contribution in [3.05, 3.63) is 126 Å². The molecular formula is C41H38N4O2Pd. The Morgan fingerprint density at radius 1 is 0.833 bits per heavy atom. The first-order valence-corrected chi connectivity index (χ1v) is 16.1. The molecule has 3 heterocycles. The minimum atomic E-state index is -0.177. The van der Waals surface area contributed by atoms with Crippen molar-refractivity contribution in [2.45, 2.75) is 52.9 Å². The molecule has 0 radical (unpaired) electrons. The fourth-order valence-electron chi connectivity index (χ4n) is 6.42. The summed E-state index contributed by atoms with van der Waals surface area (Å²) in [6.07, 6.45) is 3.65. The Balaban J connectivity index is 0.00000401. The van der Waals surface area contributed by atoms with Crippen molar-refractivity contribution >= 4 is 21.8 Å². The molecule has 48 heavy (non-hydrogen) atoms. The van der Waals surface area contributed by atoms with Crippen LogP contribution in [0.15, 0.2) is 97.2 Å². The average Bonchev–Trinajstić information content (AvgIpc) is 3.61. The van der Waals surface area contributed by atoms with Gasteiger partial charge in [0.15, 0.2) is 0 Å². The van der Waals surface area contributed by atoms with Crippen molar-refractivity contribution in [1.29, 1.82) is 0 Å². The maximum Gasteiger partial charge on any atom is 2.00 e. The Morgan fingerprint density at radius 3 is 2.35 bits per heavy atom. The molecule has 0 atom stereocenters. The van der Waals surface area contributed by atoms with Gasteiger partial charge >= 0.3 is 20.4 Å². The van der Waals surface area contributed by atoms with Gasteiger partial charge in [-0.15, -0.1) is 35.7 Å². The number of hydrogen-bond donors (Lipinski definition) is 0. The molecule has 4 aromatic carbocycles. The van der Waals surface area contributed by atoms with Crippen LogP contribution in [0.5, 0.6) is 17.2 Å². The van der Waals surface area contributed by atoms with Crippen LogP contribution in [-0.2, 0) is 32.3 Å². The van der Waals surface area contributed by atoms with Gasteiger partial charge in [-0.05, 0) is 35.2 Å². The molecule has 0 unspecified atom stereocenters. The third-order valence-corrected chi connectivity index (χ3v) is 8.38. The topological polar surface area (TPSA) is 54.1 Å². The SMILES string of the molecule is CCCc1nn(-c2[c-]c(Oc3[c-]c4c(cc3)c3ccccc3n4-c3cc(OC)ccn3)cc(C)c2)c(C(C)(C)C)c1-c1ccccc1.[Pd+2]. The van der Waals surface area contributed by atoms with Gasteiger partial charge in [0.1, 0.15) is 11.6 Å². The van der Waals surface area contributed by atoms with Gasteiger partial charge in [0.25, 0.3) is 0 Å². The van der Waals surface area contributed by atoms with Crippen molar-refractivity contribution in [1.82, 2.24) is 19.3 Å². The second kappa shape index (κ2) is 13.4. The Bertz CT molecular complexity index is 2230. The molecule has 0 aliphatic carbocycles. The molecule has 0 aliphatic heterocycles. The van der Waals surface area contributed by atoms with Crippen molar-refractivity contribution in [2.24, 2.45) is 0 Å². The number of pyridine rings is 1. The summed E-state index contributed by atoms with van der Waals surface area (Å²) < 4.78 is 16.2. The second-order valence-electron chi connectivity index (χ2n) is 12.9. The zero-order chi connectivity index (χ0) is 32.7. The summed E-state index contributed by atoms with van der Waals surface area (Å²) in [6, 6.07) is 38.0. The number of hydrogen-bond acceptors (Lipinski definition) is 4. The van der Waals surface area contributed by atoms with Gasteiger partial charge in [-0.25, -0.2) is 4.98 Å². The van der Waals surface area contributed by atoms with Crippen LogP contribution in [0.1, 0.15) is 51.1 Å². The van der Waals surface area contributed by atoms with Crippen LogP contribution in [0.3, 0.4) is 0 Å². The summed E-state index contributed by atoms with van der Waals surface area (Å²) in [5.41, 5.74) is 8.27. The zero-order valence-corrected chi connectivity index (χ0v) is 29.6. The molecular weight excluding hydrogens is 687 g/mol. The molecule has 0 saturated heterocycles. The van der Waals surface area contributed by atoms with Crippen LogP contribution in [0.2, 0.25) is 0 Å². The largest absolute Gasteiger partial charge is 2.00 e. The van der Waals surface area contributed by atoms with Gasteiger partial charge < -0.3 is 14.0 Å². The van der Waals surface area contributed by atoms with Gasteiger partial charge in [-0.3, -0.25) is 4.68 Å². The normalized spacial score (nSPS) is 11.5. The zero-order valence-electron chi connectivity index (χ0n) is 28.1. The molecule has 0 saturated carbocycles. The molecule has 7 heteroatoms. The second-order valence-corrected chi connectivity index (χ2v) is 12.9. The van der Waals surface area contributed by atoms with E-state index in [1.807, 2.05) is 30.3 Å². The maximum absolute atomic E-state index is 6.55. The van der Waals surface area contributed by atoms with Crippen molar-refractivity contribution < 1.29 is 29.9 Å². The molecule has 0 bridgehead atoms. The van der Waals surface area contributed by atoms with E-state index in [0.29, 0.717) is 11.5 Å². The van der Waals surface area contributed by atoms with Gasteiger partial charge in [-0.1, -0.05) is 95.1 Å². The van der Waals surface area contributed by atoms with E-state index in [-0.39, 0.29) is 25.8 Å². The van der Waals surface area contributed by atoms with E-state index in [9.17, 15) is 0 Å². The summed E-state index contributed by atoms with van der Waals surface area (Å²) in [5.74, 6) is 2.68. The Morgan fingerprint density at radius 2 is 1.60 bits per heavy atom. The van der Waals surface area contributed by atoms with E-state index >= 15 is 0 Å². The molecule has 0 aliphatic rings. The van der Waals surface area contributed by atoms with Crippen molar-refractivity contribution in [3.8, 4) is 39.9 Å². The Kier molecular flexibility index (Phi) is 9.29. The van der Waals surface area contributed by atoms with E-state index in [4.69, 9.17) is 14.6 Å². The number of fused-ring (bicyclic) bond motifs is 3. The summed E-state index contributed by atoms with van der Waals surface area (Å²) in [7, 11) is 1.66. The van der Waals surface area contributed by atoms with E-state index in [2.05, 4.69) is 122 Å². The number of para-hydroxylation sites is 1. The van der Waals surface area contributed by atoms with E-state index in [1.54, 1.807) is 13.3 Å². The van der Waals surface area contributed by atoms with E-state index in [0.717, 1.165) is 68.9 Å². The number of aromatic nitrogens is 4. The monoisotopic (exact) mass is 724 g/mol. The molecule has 6 nitrogen and oxygen atoms in total. The van der Waals surface area contributed by atoms with Gasteiger partial charge in [-0.2, -0.15) is 16.7 Å². The quantitative estimate of drug-likeness (QED) is 0.116. The maximum atomic E-state index is 6.55. The van der Waals surface area contributed by atoms with Crippen LogP contribution >= 0.6 is 0 Å². The Hall–Kier alpha value is -4.70. The number of rotatable bonds is 8. The third kappa shape index (κ3) is 6.17. The molecule has 0 amide bonds. The third-order valence-electron chi connectivity index (χ3n) is 8.38. The molecule has 7 aromatic rings. The first-order chi connectivity index (χ1) is 22.7. The van der Waals surface area contributed by atoms with Crippen molar-refractivity contribution in [3.63, 3.8) is 0 Å². The number of ether oxygens (including phenoxy) is 2. The molecule has 244 valence electrons. The summed E-state index contributed by atoms with van der Waals surface area (Å²) in [5, 5.41) is 7.41. The van der Waals surface area contributed by atoms with Crippen LogP contribution in [-0.4, -0.2) is 26.4 Å². The predicted molar refractivity (Wildman–Crippen MR) is 189 cm³/mol. The van der Waals surface area contributed by atoms with Gasteiger partial charge in [0.05, 0.1) is 18.5 Å². The molecule has 0 N–H and O–H groups in total. The van der Waals surface area contributed by atoms with Crippen LogP contribution in [0.4, 0.5) is 0 Å². The average molecular weight is 725 g/mol. The van der Waals surface area contributed by atoms with Crippen molar-refractivity contribution in [2.75, 3.05) is 7.11 Å². The number of aryl methyl sites for hydroxylation is 2. The fraction of sp³-hybridized carbons (Fsp3) is 0.220. The first kappa shape index (κ1) is 33.2. The van der Waals surface area contributed by atoms with E-state index in [1.165, 1.54) is 11.1 Å². The number of nitrogens with zero attached hydrogens (tertiary/aromatic N) is 4. The van der Waals surface area contributed by atoms with Gasteiger partial charge in [0, 0.05) is 40.3 Å². The summed E-state index contributed by atoms with van der Waals surface area (Å²) in [6.45, 7) is 11.0. The molecule has 0 spiro atoms. The summed E-state index contributed by atoms with van der Waals surface area (Å²) >= 11 is 0. The Labute approximate surface area is 296 Å². The minimum Gasteiger partial charge on any atom is -0.509 e. The predicted octanol–water partition coefficient (Wildman–Crippen LogP) is 9.99. The molecule has 0 fully saturated rings. The van der Waals surface area contributed by atoms with Gasteiger partial charge in [0.2, 0.25) is 0 Å². The smallest absolute Gasteiger partial charge is 0.509 e. The van der Waals surface area contributed by atoms with Crippen LogP contribution in [0.25, 0.3) is 44.4 Å². The summed E-state index contributed by atoms with van der Waals surface area (Å²) in [4.78, 5) is 4.68. The number of benzene rings is 4. The van der Waals surface area contributed by atoms with E-state index < -0.39 is 0 Å². The van der Waals surface area contributed by atoms with Crippen LogP contribution < -0.4 is 9.47 Å². The minimum absolute atomic E-state index is 0.